The third-order valence-corrected chi connectivity index (χ3v) is 4.54. The molecule has 1 amide bonds. The minimum atomic E-state index is -0.102. The van der Waals surface area contributed by atoms with Crippen LogP contribution in [0.25, 0.3) is 0 Å². The minimum Gasteiger partial charge on any atom is -0.361 e. The van der Waals surface area contributed by atoms with Crippen molar-refractivity contribution in [3.05, 3.63) is 64.2 Å². The summed E-state index contributed by atoms with van der Waals surface area (Å²) in [4.78, 5) is 14.1. The third kappa shape index (κ3) is 2.96. The number of anilines is 1. The first-order valence-electron chi connectivity index (χ1n) is 8.20. The zero-order valence-corrected chi connectivity index (χ0v) is 14.9. The second-order valence-corrected chi connectivity index (χ2v) is 5.73. The zero-order chi connectivity index (χ0) is 17.1. The van der Waals surface area contributed by atoms with Gasteiger partial charge in [-0.3, -0.25) is 4.79 Å². The van der Waals surface area contributed by atoms with Crippen LogP contribution in [-0.2, 0) is 0 Å². The van der Waals surface area contributed by atoms with E-state index in [1.165, 1.54) is 16.7 Å². The first-order chi connectivity index (χ1) is 11.0. The Morgan fingerprint density at radius 2 is 1.61 bits per heavy atom. The summed E-state index contributed by atoms with van der Waals surface area (Å²) in [5.41, 5.74) is 6.73. The second kappa shape index (κ2) is 6.86. The highest BCUT2D eigenvalue weighted by atomic mass is 16.2. The zero-order valence-electron chi connectivity index (χ0n) is 14.9. The molecule has 1 N–H and O–H groups in total. The van der Waals surface area contributed by atoms with Crippen LogP contribution >= 0.6 is 0 Å². The Balaban J connectivity index is 0.000000924. The Morgan fingerprint density at radius 3 is 2.30 bits per heavy atom. The maximum Gasteiger partial charge on any atom is 0.255 e. The maximum atomic E-state index is 12.3. The standard InChI is InChI=1S/C18H20N2O.C2H6/c1-11-9-10-16(13(3)12(11)2)19-17-14-7-5-6-8-15(14)18(21)20(17)4;1-2/h5-10,17,19H,1-4H3;1-2H3. The van der Waals surface area contributed by atoms with Crippen molar-refractivity contribution >= 4 is 11.6 Å². The lowest BCUT2D eigenvalue weighted by molar-refractivity contribution is 0.0788. The van der Waals surface area contributed by atoms with Crippen LogP contribution in [0, 0.1) is 20.8 Å². The molecule has 0 saturated carbocycles. The Hall–Kier alpha value is -2.29. The van der Waals surface area contributed by atoms with Gasteiger partial charge in [-0.2, -0.15) is 0 Å². The number of fused-ring (bicyclic) bond motifs is 1. The molecule has 0 fully saturated rings. The monoisotopic (exact) mass is 310 g/mol. The molecule has 1 atom stereocenters. The van der Waals surface area contributed by atoms with Crippen molar-refractivity contribution in [1.29, 1.82) is 0 Å². The topological polar surface area (TPSA) is 32.3 Å². The molecule has 0 aromatic heterocycles. The number of nitrogens with zero attached hydrogens (tertiary/aromatic N) is 1. The molecule has 122 valence electrons. The van der Waals surface area contributed by atoms with Crippen LogP contribution < -0.4 is 5.32 Å². The summed E-state index contributed by atoms with van der Waals surface area (Å²) in [5.74, 6) is 0.0737. The summed E-state index contributed by atoms with van der Waals surface area (Å²) in [6.07, 6.45) is -0.102. The molecule has 2 aromatic carbocycles. The Morgan fingerprint density at radius 1 is 0.957 bits per heavy atom. The summed E-state index contributed by atoms with van der Waals surface area (Å²) in [7, 11) is 1.84. The van der Waals surface area contributed by atoms with E-state index in [-0.39, 0.29) is 12.1 Å². The molecule has 0 radical (unpaired) electrons. The van der Waals surface area contributed by atoms with Gasteiger partial charge in [0.1, 0.15) is 6.17 Å². The van der Waals surface area contributed by atoms with E-state index in [1.807, 2.05) is 45.2 Å². The lowest BCUT2D eigenvalue weighted by Gasteiger charge is -2.25. The number of amides is 1. The highest BCUT2D eigenvalue weighted by Gasteiger charge is 2.33. The van der Waals surface area contributed by atoms with Gasteiger partial charge in [0.2, 0.25) is 0 Å². The van der Waals surface area contributed by atoms with Gasteiger partial charge < -0.3 is 10.2 Å². The molecule has 1 heterocycles. The molecule has 3 heteroatoms. The summed E-state index contributed by atoms with van der Waals surface area (Å²) < 4.78 is 0. The van der Waals surface area contributed by atoms with Gasteiger partial charge in [0.15, 0.2) is 0 Å². The Labute approximate surface area is 139 Å². The van der Waals surface area contributed by atoms with Crippen molar-refractivity contribution < 1.29 is 4.79 Å². The van der Waals surface area contributed by atoms with Crippen molar-refractivity contribution in [2.24, 2.45) is 0 Å². The normalized spacial score (nSPS) is 15.8. The van der Waals surface area contributed by atoms with Crippen LogP contribution in [0.5, 0.6) is 0 Å². The van der Waals surface area contributed by atoms with Crippen LogP contribution in [0.4, 0.5) is 5.69 Å². The van der Waals surface area contributed by atoms with E-state index < -0.39 is 0 Å². The lowest BCUT2D eigenvalue weighted by Crippen LogP contribution is -2.28. The number of hydrogen-bond acceptors (Lipinski definition) is 2. The van der Waals surface area contributed by atoms with Crippen LogP contribution in [0.1, 0.15) is 52.6 Å². The smallest absolute Gasteiger partial charge is 0.255 e. The van der Waals surface area contributed by atoms with E-state index in [2.05, 4.69) is 38.2 Å². The van der Waals surface area contributed by atoms with Gasteiger partial charge >= 0.3 is 0 Å². The van der Waals surface area contributed by atoms with Gasteiger partial charge in [0, 0.05) is 23.9 Å². The molecule has 0 aliphatic carbocycles. The van der Waals surface area contributed by atoms with E-state index in [4.69, 9.17) is 0 Å². The third-order valence-electron chi connectivity index (χ3n) is 4.54. The van der Waals surface area contributed by atoms with Gasteiger partial charge in [0.05, 0.1) is 0 Å². The molecular weight excluding hydrogens is 284 g/mol. The van der Waals surface area contributed by atoms with E-state index in [0.717, 1.165) is 16.8 Å². The van der Waals surface area contributed by atoms with Crippen molar-refractivity contribution in [2.75, 3.05) is 12.4 Å². The van der Waals surface area contributed by atoms with Crippen LogP contribution in [0.15, 0.2) is 36.4 Å². The van der Waals surface area contributed by atoms with E-state index in [0.29, 0.717) is 0 Å². The molecule has 3 rings (SSSR count). The average molecular weight is 310 g/mol. The quantitative estimate of drug-likeness (QED) is 0.861. The Bertz CT molecular complexity index is 722. The number of carbonyl (C=O) groups excluding carboxylic acids is 1. The highest BCUT2D eigenvalue weighted by Crippen LogP contribution is 2.34. The van der Waals surface area contributed by atoms with Gasteiger partial charge in [0.25, 0.3) is 5.91 Å². The summed E-state index contributed by atoms with van der Waals surface area (Å²) in [6.45, 7) is 10.4. The minimum absolute atomic E-state index is 0.0737. The summed E-state index contributed by atoms with van der Waals surface area (Å²) in [5, 5.41) is 3.52. The van der Waals surface area contributed by atoms with Crippen LogP contribution in [-0.4, -0.2) is 17.9 Å². The van der Waals surface area contributed by atoms with E-state index in [1.54, 1.807) is 4.90 Å². The predicted molar refractivity (Wildman–Crippen MR) is 96.9 cm³/mol. The molecule has 1 aliphatic heterocycles. The summed E-state index contributed by atoms with van der Waals surface area (Å²) >= 11 is 0. The molecule has 2 aromatic rings. The van der Waals surface area contributed by atoms with E-state index in [9.17, 15) is 4.79 Å². The summed E-state index contributed by atoms with van der Waals surface area (Å²) in [6, 6.07) is 12.0. The number of benzene rings is 2. The molecule has 0 spiro atoms. The van der Waals surface area contributed by atoms with Gasteiger partial charge in [-0.05, 0) is 49.6 Å². The number of aryl methyl sites for hydroxylation is 1. The van der Waals surface area contributed by atoms with Crippen LogP contribution in [0.2, 0.25) is 0 Å². The number of rotatable bonds is 2. The SMILES string of the molecule is CC.Cc1ccc(NC2c3ccccc3C(=O)N2C)c(C)c1C. The number of nitrogens with one attached hydrogen (secondary N) is 1. The second-order valence-electron chi connectivity index (χ2n) is 5.73. The van der Waals surface area contributed by atoms with Crippen molar-refractivity contribution in [2.45, 2.75) is 40.8 Å². The number of hydrogen-bond donors (Lipinski definition) is 1. The van der Waals surface area contributed by atoms with Crippen LogP contribution in [0.3, 0.4) is 0 Å². The van der Waals surface area contributed by atoms with Crippen molar-refractivity contribution in [1.82, 2.24) is 4.90 Å². The number of carbonyl (C=O) groups is 1. The molecule has 23 heavy (non-hydrogen) atoms. The lowest BCUT2D eigenvalue weighted by atomic mass is 10.0. The molecule has 0 bridgehead atoms. The average Bonchev–Trinajstić information content (AvgIpc) is 2.82. The van der Waals surface area contributed by atoms with Gasteiger partial charge in [-0.15, -0.1) is 0 Å². The molecule has 0 saturated heterocycles. The first-order valence-corrected chi connectivity index (χ1v) is 8.20. The Kier molecular flexibility index (Phi) is 5.09. The first kappa shape index (κ1) is 17.1. The molecule has 3 nitrogen and oxygen atoms in total. The predicted octanol–water partition coefficient (Wildman–Crippen LogP) is 4.83. The largest absolute Gasteiger partial charge is 0.361 e. The van der Waals surface area contributed by atoms with Crippen molar-refractivity contribution in [3.63, 3.8) is 0 Å². The fraction of sp³-hybridized carbons (Fsp3) is 0.350. The highest BCUT2D eigenvalue weighted by molar-refractivity contribution is 5.99. The maximum absolute atomic E-state index is 12.3. The molecule has 1 aliphatic rings. The molecular formula is C20H26N2O. The fourth-order valence-corrected chi connectivity index (χ4v) is 2.88. The molecule has 1 unspecified atom stereocenters. The van der Waals surface area contributed by atoms with Crippen molar-refractivity contribution in [3.8, 4) is 0 Å². The van der Waals surface area contributed by atoms with Gasteiger partial charge in [-0.1, -0.05) is 38.1 Å². The van der Waals surface area contributed by atoms with E-state index >= 15 is 0 Å². The van der Waals surface area contributed by atoms with Gasteiger partial charge in [-0.25, -0.2) is 0 Å². The fourth-order valence-electron chi connectivity index (χ4n) is 2.88.